The third-order valence-corrected chi connectivity index (χ3v) is 5.30. The molecule has 0 aliphatic rings. The largest absolute Gasteiger partial charge is 0.493 e. The Bertz CT molecular complexity index is 1200. The fourth-order valence-electron chi connectivity index (χ4n) is 3.71. The molecule has 2 aromatic carbocycles. The quantitative estimate of drug-likeness (QED) is 0.467. The van der Waals surface area contributed by atoms with E-state index >= 15 is 0 Å². The van der Waals surface area contributed by atoms with E-state index in [4.69, 9.17) is 14.2 Å². The maximum absolute atomic E-state index is 13.2. The minimum absolute atomic E-state index is 0.106. The molecule has 0 saturated heterocycles. The summed E-state index contributed by atoms with van der Waals surface area (Å²) in [6, 6.07) is 10.9. The summed E-state index contributed by atoms with van der Waals surface area (Å²) in [7, 11) is 4.44. The molecule has 0 aliphatic carbocycles. The predicted octanol–water partition coefficient (Wildman–Crippen LogP) is 3.98. The first-order valence-electron chi connectivity index (χ1n) is 11.0. The van der Waals surface area contributed by atoms with E-state index in [-0.39, 0.29) is 23.2 Å². The zero-order valence-corrected chi connectivity index (χ0v) is 20.4. The van der Waals surface area contributed by atoms with Gasteiger partial charge in [-0.3, -0.25) is 9.59 Å². The molecule has 1 heterocycles. The molecule has 0 atom stereocenters. The number of benzene rings is 2. The minimum Gasteiger partial charge on any atom is -0.493 e. The van der Waals surface area contributed by atoms with Gasteiger partial charge >= 0.3 is 0 Å². The summed E-state index contributed by atoms with van der Waals surface area (Å²) in [5.74, 6) is 0.195. The number of aromatic nitrogens is 1. The van der Waals surface area contributed by atoms with Crippen LogP contribution in [0, 0.1) is 0 Å². The van der Waals surface area contributed by atoms with E-state index in [0.717, 1.165) is 23.0 Å². The Balaban J connectivity index is 2.05. The van der Waals surface area contributed by atoms with E-state index in [1.165, 1.54) is 33.5 Å². The van der Waals surface area contributed by atoms with Crippen LogP contribution in [0.25, 0.3) is 17.0 Å². The van der Waals surface area contributed by atoms with Gasteiger partial charge in [-0.05, 0) is 45.0 Å². The molecular weight excluding hydrogens is 434 g/mol. The summed E-state index contributed by atoms with van der Waals surface area (Å²) in [6.07, 6.45) is 3.67. The Labute approximate surface area is 199 Å². The molecule has 0 saturated carbocycles. The van der Waals surface area contributed by atoms with E-state index < -0.39 is 5.91 Å². The molecule has 0 radical (unpaired) electrons. The van der Waals surface area contributed by atoms with Crippen LogP contribution >= 0.6 is 0 Å². The topological polar surface area (TPSA) is 90.8 Å². The van der Waals surface area contributed by atoms with Crippen LogP contribution in [0.4, 0.5) is 0 Å². The molecule has 8 heteroatoms. The number of ether oxygens (including phenoxy) is 3. The third-order valence-electron chi connectivity index (χ3n) is 5.30. The van der Waals surface area contributed by atoms with Crippen molar-refractivity contribution in [3.8, 4) is 17.2 Å². The molecule has 180 valence electrons. The first-order valence-corrected chi connectivity index (χ1v) is 11.0. The number of amides is 2. The van der Waals surface area contributed by atoms with Crippen molar-refractivity contribution < 1.29 is 23.8 Å². The van der Waals surface area contributed by atoms with Crippen LogP contribution in [-0.2, 0) is 11.3 Å². The highest BCUT2D eigenvalue weighted by Gasteiger charge is 2.20. The lowest BCUT2D eigenvalue weighted by molar-refractivity contribution is -0.118. The predicted molar refractivity (Wildman–Crippen MR) is 132 cm³/mol. The highest BCUT2D eigenvalue weighted by atomic mass is 16.5. The SMILES string of the molecule is CCn1cc(C=C(NC(=O)c2cc(OC)c(OC)c(OC)c2)C(=O)NC(C)C)c2ccccc21. The van der Waals surface area contributed by atoms with Gasteiger partial charge in [0.2, 0.25) is 5.75 Å². The van der Waals surface area contributed by atoms with Gasteiger partial charge in [0.25, 0.3) is 11.8 Å². The second-order valence-corrected chi connectivity index (χ2v) is 7.94. The fourth-order valence-corrected chi connectivity index (χ4v) is 3.71. The van der Waals surface area contributed by atoms with E-state index in [1.807, 2.05) is 44.3 Å². The third kappa shape index (κ3) is 5.17. The number of nitrogens with one attached hydrogen (secondary N) is 2. The van der Waals surface area contributed by atoms with Crippen LogP contribution in [0.5, 0.6) is 17.2 Å². The first-order chi connectivity index (χ1) is 16.3. The molecule has 2 amide bonds. The van der Waals surface area contributed by atoms with Gasteiger partial charge in [0.1, 0.15) is 5.70 Å². The average molecular weight is 466 g/mol. The normalized spacial score (nSPS) is 11.4. The second kappa shape index (κ2) is 10.8. The first kappa shape index (κ1) is 24.7. The van der Waals surface area contributed by atoms with Crippen molar-refractivity contribution in [3.63, 3.8) is 0 Å². The minimum atomic E-state index is -0.483. The molecule has 0 aliphatic heterocycles. The standard InChI is InChI=1S/C26H31N3O5/c1-7-29-15-18(19-10-8-9-11-21(19)29)12-20(26(31)27-16(2)3)28-25(30)17-13-22(32-4)24(34-6)23(14-17)33-5/h8-16H,7H2,1-6H3,(H,27,31)(H,28,30). The molecule has 1 aromatic heterocycles. The zero-order chi connectivity index (χ0) is 24.8. The number of nitrogens with zero attached hydrogens (tertiary/aromatic N) is 1. The van der Waals surface area contributed by atoms with Gasteiger partial charge < -0.3 is 29.4 Å². The van der Waals surface area contributed by atoms with Crippen molar-refractivity contribution in [2.45, 2.75) is 33.4 Å². The number of methoxy groups -OCH3 is 3. The van der Waals surface area contributed by atoms with Crippen LogP contribution in [0.15, 0.2) is 48.3 Å². The van der Waals surface area contributed by atoms with Crippen LogP contribution in [0.3, 0.4) is 0 Å². The lowest BCUT2D eigenvalue weighted by atomic mass is 10.1. The smallest absolute Gasteiger partial charge is 0.268 e. The summed E-state index contributed by atoms with van der Waals surface area (Å²) in [5, 5.41) is 6.61. The molecule has 0 fully saturated rings. The monoisotopic (exact) mass is 465 g/mol. The Morgan fingerprint density at radius 2 is 1.68 bits per heavy atom. The van der Waals surface area contributed by atoms with Gasteiger partial charge in [0, 0.05) is 40.8 Å². The lowest BCUT2D eigenvalue weighted by Gasteiger charge is -2.16. The maximum Gasteiger partial charge on any atom is 0.268 e. The summed E-state index contributed by atoms with van der Waals surface area (Å²) in [4.78, 5) is 26.2. The Morgan fingerprint density at radius 3 is 2.24 bits per heavy atom. The Kier molecular flexibility index (Phi) is 7.83. The number of hydrogen-bond donors (Lipinski definition) is 2. The van der Waals surface area contributed by atoms with E-state index in [2.05, 4.69) is 22.1 Å². The number of carbonyl (C=O) groups is 2. The van der Waals surface area contributed by atoms with Crippen molar-refractivity contribution in [2.75, 3.05) is 21.3 Å². The number of aryl methyl sites for hydroxylation is 1. The van der Waals surface area contributed by atoms with Crippen LogP contribution in [-0.4, -0.2) is 43.8 Å². The highest BCUT2D eigenvalue weighted by Crippen LogP contribution is 2.38. The van der Waals surface area contributed by atoms with Gasteiger partial charge in [0.05, 0.1) is 21.3 Å². The maximum atomic E-state index is 13.2. The van der Waals surface area contributed by atoms with Crippen LogP contribution in [0.1, 0.15) is 36.7 Å². The van der Waals surface area contributed by atoms with Crippen molar-refractivity contribution in [2.24, 2.45) is 0 Å². The Hall–Kier alpha value is -3.94. The summed E-state index contributed by atoms with van der Waals surface area (Å²) in [5.41, 5.74) is 2.27. The highest BCUT2D eigenvalue weighted by molar-refractivity contribution is 6.07. The van der Waals surface area contributed by atoms with Gasteiger partial charge in [0.15, 0.2) is 11.5 Å². The summed E-state index contributed by atoms with van der Waals surface area (Å²) >= 11 is 0. The summed E-state index contributed by atoms with van der Waals surface area (Å²) in [6.45, 7) is 6.55. The molecule has 2 N–H and O–H groups in total. The molecule has 3 aromatic rings. The number of rotatable bonds is 9. The van der Waals surface area contributed by atoms with Gasteiger partial charge in [-0.1, -0.05) is 18.2 Å². The lowest BCUT2D eigenvalue weighted by Crippen LogP contribution is -2.38. The van der Waals surface area contributed by atoms with E-state index in [9.17, 15) is 9.59 Å². The molecular formula is C26H31N3O5. The number of fused-ring (bicyclic) bond motifs is 1. The van der Waals surface area contributed by atoms with E-state index in [0.29, 0.717) is 17.2 Å². The number of carbonyl (C=O) groups excluding carboxylic acids is 2. The molecule has 3 rings (SSSR count). The Morgan fingerprint density at radius 1 is 1.03 bits per heavy atom. The summed E-state index contributed by atoms with van der Waals surface area (Å²) < 4.78 is 18.1. The van der Waals surface area contributed by atoms with Crippen molar-refractivity contribution >= 4 is 28.8 Å². The average Bonchev–Trinajstić information content (AvgIpc) is 3.19. The van der Waals surface area contributed by atoms with E-state index in [1.54, 1.807) is 6.08 Å². The molecule has 34 heavy (non-hydrogen) atoms. The molecule has 0 spiro atoms. The second-order valence-electron chi connectivity index (χ2n) is 7.94. The van der Waals surface area contributed by atoms with Crippen LogP contribution < -0.4 is 24.8 Å². The number of para-hydroxylation sites is 1. The number of hydrogen-bond acceptors (Lipinski definition) is 5. The van der Waals surface area contributed by atoms with Crippen molar-refractivity contribution in [3.05, 3.63) is 59.4 Å². The molecule has 0 bridgehead atoms. The fraction of sp³-hybridized carbons (Fsp3) is 0.308. The molecule has 8 nitrogen and oxygen atoms in total. The molecule has 0 unspecified atom stereocenters. The van der Waals surface area contributed by atoms with Crippen molar-refractivity contribution in [1.29, 1.82) is 0 Å². The van der Waals surface area contributed by atoms with Gasteiger partial charge in [-0.15, -0.1) is 0 Å². The van der Waals surface area contributed by atoms with Crippen LogP contribution in [0.2, 0.25) is 0 Å². The zero-order valence-electron chi connectivity index (χ0n) is 20.4. The van der Waals surface area contributed by atoms with Crippen molar-refractivity contribution in [1.82, 2.24) is 15.2 Å². The van der Waals surface area contributed by atoms with Gasteiger partial charge in [-0.2, -0.15) is 0 Å². The van der Waals surface area contributed by atoms with Gasteiger partial charge in [-0.25, -0.2) is 0 Å².